The summed E-state index contributed by atoms with van der Waals surface area (Å²) in [5.74, 6) is -0.750. The number of rotatable bonds is 5. The minimum atomic E-state index is -3.81. The molecule has 10 heteroatoms. The second-order valence-corrected chi connectivity index (χ2v) is 7.81. The summed E-state index contributed by atoms with van der Waals surface area (Å²) < 4.78 is 30.5. The molecule has 2 heterocycles. The van der Waals surface area contributed by atoms with Crippen LogP contribution in [0.5, 0.6) is 0 Å². The van der Waals surface area contributed by atoms with Crippen molar-refractivity contribution < 1.29 is 27.5 Å². The topological polar surface area (TPSA) is 126 Å². The number of aryl methyl sites for hydroxylation is 1. The number of furan rings is 1. The zero-order chi connectivity index (χ0) is 16.5. The highest BCUT2D eigenvalue weighted by atomic mass is 32.2. The van der Waals surface area contributed by atoms with Crippen LogP contribution in [0.15, 0.2) is 15.6 Å². The second-order valence-electron chi connectivity index (χ2n) is 4.89. The fourth-order valence-corrected chi connectivity index (χ4v) is 4.12. The third kappa shape index (κ3) is 2.99. The average molecular weight is 348 g/mol. The monoisotopic (exact) mass is 348 g/mol. The summed E-state index contributed by atoms with van der Waals surface area (Å²) in [6.45, 7) is 1.44. The van der Waals surface area contributed by atoms with Gasteiger partial charge in [0.2, 0.25) is 5.09 Å². The molecular formula is C12H16N2O6S2. The van der Waals surface area contributed by atoms with E-state index in [-0.39, 0.29) is 22.2 Å². The highest BCUT2D eigenvalue weighted by Crippen LogP contribution is 2.29. The molecule has 0 aliphatic carbocycles. The van der Waals surface area contributed by atoms with Crippen molar-refractivity contribution in [3.05, 3.63) is 17.4 Å². The van der Waals surface area contributed by atoms with Crippen LogP contribution in [0.3, 0.4) is 0 Å². The molecule has 0 saturated carbocycles. The standard InChI is InChI=1S/C12H16N2O6S2/c1-7-8(5-9(20-7)22(18,19)13-2)10(15)14-12(11(16)17)3-4-21-6-12/h5,13H,3-4,6H2,1-2H3,(H,14,15)(H,16,17). The summed E-state index contributed by atoms with van der Waals surface area (Å²) in [6.07, 6.45) is 0.317. The van der Waals surface area contributed by atoms with Crippen molar-refractivity contribution in [3.63, 3.8) is 0 Å². The van der Waals surface area contributed by atoms with E-state index in [2.05, 4.69) is 10.0 Å². The molecule has 1 saturated heterocycles. The zero-order valence-electron chi connectivity index (χ0n) is 12.0. The molecule has 1 aromatic heterocycles. The molecule has 0 spiro atoms. The van der Waals surface area contributed by atoms with Crippen molar-refractivity contribution >= 4 is 33.7 Å². The Morgan fingerprint density at radius 2 is 2.14 bits per heavy atom. The van der Waals surface area contributed by atoms with E-state index in [1.165, 1.54) is 25.7 Å². The number of carbonyl (C=O) groups is 2. The predicted molar refractivity (Wildman–Crippen MR) is 79.5 cm³/mol. The summed E-state index contributed by atoms with van der Waals surface area (Å²) in [7, 11) is -2.58. The van der Waals surface area contributed by atoms with Gasteiger partial charge in [-0.1, -0.05) is 0 Å². The first kappa shape index (κ1) is 16.8. The van der Waals surface area contributed by atoms with E-state index in [1.807, 2.05) is 0 Å². The summed E-state index contributed by atoms with van der Waals surface area (Å²) in [5, 5.41) is 11.5. The van der Waals surface area contributed by atoms with Crippen LogP contribution >= 0.6 is 11.8 Å². The molecule has 1 aromatic rings. The first-order valence-electron chi connectivity index (χ1n) is 6.39. The molecule has 122 valence electrons. The van der Waals surface area contributed by atoms with Gasteiger partial charge in [-0.05, 0) is 26.1 Å². The first-order valence-corrected chi connectivity index (χ1v) is 9.03. The Bertz CT molecular complexity index is 703. The molecule has 8 nitrogen and oxygen atoms in total. The van der Waals surface area contributed by atoms with Gasteiger partial charge < -0.3 is 14.8 Å². The van der Waals surface area contributed by atoms with Crippen molar-refractivity contribution in [2.24, 2.45) is 0 Å². The lowest BCUT2D eigenvalue weighted by atomic mass is 9.98. The normalized spacial score (nSPS) is 21.7. The molecule has 1 fully saturated rings. The lowest BCUT2D eigenvalue weighted by Crippen LogP contribution is -2.54. The Kier molecular flexibility index (Phi) is 4.54. The van der Waals surface area contributed by atoms with E-state index in [0.717, 1.165) is 6.07 Å². The van der Waals surface area contributed by atoms with Gasteiger partial charge in [0, 0.05) is 11.8 Å². The second kappa shape index (κ2) is 5.94. The van der Waals surface area contributed by atoms with Gasteiger partial charge in [-0.25, -0.2) is 17.9 Å². The summed E-state index contributed by atoms with van der Waals surface area (Å²) in [6, 6.07) is 1.09. The van der Waals surface area contributed by atoms with E-state index in [0.29, 0.717) is 12.2 Å². The number of hydrogen-bond acceptors (Lipinski definition) is 6. The highest BCUT2D eigenvalue weighted by Gasteiger charge is 2.43. The number of thioether (sulfide) groups is 1. The largest absolute Gasteiger partial charge is 0.479 e. The maximum atomic E-state index is 12.3. The van der Waals surface area contributed by atoms with Gasteiger partial charge in [0.1, 0.15) is 11.3 Å². The van der Waals surface area contributed by atoms with Crippen molar-refractivity contribution in [3.8, 4) is 0 Å². The molecular weight excluding hydrogens is 332 g/mol. The fourth-order valence-electron chi connectivity index (χ4n) is 2.08. The number of carboxylic acid groups (broad SMARTS) is 1. The summed E-state index contributed by atoms with van der Waals surface area (Å²) in [5.41, 5.74) is -1.32. The molecule has 22 heavy (non-hydrogen) atoms. The van der Waals surface area contributed by atoms with E-state index < -0.39 is 27.4 Å². The quantitative estimate of drug-likeness (QED) is 0.693. The smallest absolute Gasteiger partial charge is 0.330 e. The maximum Gasteiger partial charge on any atom is 0.330 e. The van der Waals surface area contributed by atoms with Gasteiger partial charge >= 0.3 is 5.97 Å². The van der Waals surface area contributed by atoms with E-state index in [9.17, 15) is 23.1 Å². The molecule has 0 radical (unpaired) electrons. The number of nitrogens with one attached hydrogen (secondary N) is 2. The predicted octanol–water partition coefficient (Wildman–Crippen LogP) is 0.186. The molecule has 1 aliphatic rings. The fraction of sp³-hybridized carbons (Fsp3) is 0.500. The molecule has 2 rings (SSSR count). The van der Waals surface area contributed by atoms with Crippen LogP contribution in [0.2, 0.25) is 0 Å². The average Bonchev–Trinajstić information content (AvgIpc) is 3.06. The summed E-state index contributed by atoms with van der Waals surface area (Å²) >= 11 is 1.44. The molecule has 1 aliphatic heterocycles. The molecule has 1 amide bonds. The van der Waals surface area contributed by atoms with Crippen LogP contribution in [-0.4, -0.2) is 49.5 Å². The molecule has 1 atom stereocenters. The van der Waals surface area contributed by atoms with Gasteiger partial charge in [-0.2, -0.15) is 11.8 Å². The van der Waals surface area contributed by atoms with Crippen molar-refractivity contribution in [2.45, 2.75) is 24.0 Å². The van der Waals surface area contributed by atoms with Gasteiger partial charge in [-0.3, -0.25) is 4.79 Å². The molecule has 3 N–H and O–H groups in total. The van der Waals surface area contributed by atoms with Crippen LogP contribution in [0, 0.1) is 6.92 Å². The first-order chi connectivity index (χ1) is 10.2. The minimum absolute atomic E-state index is 0.00588. The van der Waals surface area contributed by atoms with Crippen molar-refractivity contribution in [1.29, 1.82) is 0 Å². The highest BCUT2D eigenvalue weighted by molar-refractivity contribution is 7.99. The lowest BCUT2D eigenvalue weighted by molar-refractivity contribution is -0.143. The van der Waals surface area contributed by atoms with E-state index in [4.69, 9.17) is 4.42 Å². The minimum Gasteiger partial charge on any atom is -0.479 e. The number of sulfonamides is 1. The van der Waals surface area contributed by atoms with Crippen LogP contribution in [0.25, 0.3) is 0 Å². The van der Waals surface area contributed by atoms with Crippen molar-refractivity contribution in [2.75, 3.05) is 18.6 Å². The van der Waals surface area contributed by atoms with E-state index >= 15 is 0 Å². The lowest BCUT2D eigenvalue weighted by Gasteiger charge is -2.24. The van der Waals surface area contributed by atoms with Gasteiger partial charge in [0.05, 0.1) is 5.56 Å². The van der Waals surface area contributed by atoms with Crippen molar-refractivity contribution in [1.82, 2.24) is 10.0 Å². The molecule has 0 aromatic carbocycles. The van der Waals surface area contributed by atoms with Crippen LogP contribution in [0.4, 0.5) is 0 Å². The zero-order valence-corrected chi connectivity index (χ0v) is 13.6. The van der Waals surface area contributed by atoms with Crippen LogP contribution in [-0.2, 0) is 14.8 Å². The van der Waals surface area contributed by atoms with E-state index in [1.54, 1.807) is 0 Å². The van der Waals surface area contributed by atoms with Gasteiger partial charge in [0.15, 0.2) is 0 Å². The summed E-state index contributed by atoms with van der Waals surface area (Å²) in [4.78, 5) is 23.7. The Labute approximate surface area is 131 Å². The third-order valence-electron chi connectivity index (χ3n) is 3.46. The Balaban J connectivity index is 2.29. The maximum absolute atomic E-state index is 12.3. The molecule has 0 bridgehead atoms. The van der Waals surface area contributed by atoms with Crippen LogP contribution in [0.1, 0.15) is 22.5 Å². The third-order valence-corrected chi connectivity index (χ3v) is 5.92. The number of carboxylic acids is 1. The number of carbonyl (C=O) groups excluding carboxylic acids is 1. The number of aliphatic carboxylic acids is 1. The Morgan fingerprint density at radius 3 is 2.64 bits per heavy atom. The van der Waals surface area contributed by atoms with Crippen LogP contribution < -0.4 is 10.0 Å². The SMILES string of the molecule is CNS(=O)(=O)c1cc(C(=O)NC2(C(=O)O)CCSC2)c(C)o1. The number of hydrogen-bond donors (Lipinski definition) is 3. The van der Waals surface area contributed by atoms with Gasteiger partial charge in [-0.15, -0.1) is 0 Å². The number of amides is 1. The Hall–Kier alpha value is -1.52. The Morgan fingerprint density at radius 1 is 1.45 bits per heavy atom. The molecule has 1 unspecified atom stereocenters. The van der Waals surface area contributed by atoms with Gasteiger partial charge in [0.25, 0.3) is 15.9 Å².